The van der Waals surface area contributed by atoms with Crippen molar-refractivity contribution in [1.82, 2.24) is 15.0 Å². The number of pyridine rings is 1. The highest BCUT2D eigenvalue weighted by Crippen LogP contribution is 2.32. The number of nitriles is 1. The van der Waals surface area contributed by atoms with Gasteiger partial charge >= 0.3 is 6.18 Å². The highest BCUT2D eigenvalue weighted by molar-refractivity contribution is 7.99. The molecule has 0 radical (unpaired) electrons. The van der Waals surface area contributed by atoms with Gasteiger partial charge in [0, 0.05) is 11.4 Å². The van der Waals surface area contributed by atoms with Crippen LogP contribution in [0, 0.1) is 25.2 Å². The Bertz CT molecular complexity index is 702. The lowest BCUT2D eigenvalue weighted by atomic mass is 10.2. The number of halogens is 3. The molecule has 0 atom stereocenters. The molecular formula is C13H9F3N4S. The van der Waals surface area contributed by atoms with Crippen molar-refractivity contribution in [2.45, 2.75) is 30.2 Å². The summed E-state index contributed by atoms with van der Waals surface area (Å²) in [6.45, 7) is 3.51. The van der Waals surface area contributed by atoms with E-state index in [1.807, 2.05) is 6.07 Å². The van der Waals surface area contributed by atoms with E-state index in [1.54, 1.807) is 19.9 Å². The van der Waals surface area contributed by atoms with Gasteiger partial charge in [-0.2, -0.15) is 18.4 Å². The normalized spacial score (nSPS) is 11.2. The molecule has 108 valence electrons. The molecule has 21 heavy (non-hydrogen) atoms. The SMILES string of the molecule is Cc1cc(C)nc(Sc2nc(C(F)(F)F)ccc2C#N)n1. The summed E-state index contributed by atoms with van der Waals surface area (Å²) in [4.78, 5) is 11.7. The van der Waals surface area contributed by atoms with Crippen LogP contribution in [0.15, 0.2) is 28.4 Å². The summed E-state index contributed by atoms with van der Waals surface area (Å²) in [7, 11) is 0. The number of rotatable bonds is 2. The van der Waals surface area contributed by atoms with Gasteiger partial charge in [-0.05, 0) is 43.8 Å². The van der Waals surface area contributed by atoms with Crippen LogP contribution < -0.4 is 0 Å². The molecule has 0 aliphatic heterocycles. The van der Waals surface area contributed by atoms with E-state index in [-0.39, 0.29) is 15.7 Å². The summed E-state index contributed by atoms with van der Waals surface area (Å²) in [5.41, 5.74) is 0.384. The predicted octanol–water partition coefficient (Wildman–Crippen LogP) is 3.53. The summed E-state index contributed by atoms with van der Waals surface area (Å²) in [5.74, 6) is 0. The van der Waals surface area contributed by atoms with Crippen LogP contribution >= 0.6 is 11.8 Å². The molecule has 0 amide bonds. The zero-order valence-electron chi connectivity index (χ0n) is 11.1. The van der Waals surface area contributed by atoms with Crippen molar-refractivity contribution < 1.29 is 13.2 Å². The van der Waals surface area contributed by atoms with Crippen molar-refractivity contribution in [3.63, 3.8) is 0 Å². The van der Waals surface area contributed by atoms with E-state index in [1.165, 1.54) is 0 Å². The molecule has 2 heterocycles. The van der Waals surface area contributed by atoms with E-state index < -0.39 is 11.9 Å². The molecule has 2 rings (SSSR count). The number of aromatic nitrogens is 3. The van der Waals surface area contributed by atoms with E-state index in [4.69, 9.17) is 5.26 Å². The maximum absolute atomic E-state index is 12.7. The molecule has 2 aromatic rings. The molecule has 0 N–H and O–H groups in total. The van der Waals surface area contributed by atoms with Gasteiger partial charge in [0.2, 0.25) is 0 Å². The van der Waals surface area contributed by atoms with Gasteiger partial charge < -0.3 is 0 Å². The fourth-order valence-electron chi connectivity index (χ4n) is 1.59. The minimum Gasteiger partial charge on any atom is -0.235 e. The fourth-order valence-corrected chi connectivity index (χ4v) is 2.51. The van der Waals surface area contributed by atoms with E-state index >= 15 is 0 Å². The van der Waals surface area contributed by atoms with Crippen LogP contribution in [-0.4, -0.2) is 15.0 Å². The Labute approximate surface area is 123 Å². The van der Waals surface area contributed by atoms with E-state index in [2.05, 4.69) is 15.0 Å². The second-order valence-corrected chi connectivity index (χ2v) is 5.15. The highest BCUT2D eigenvalue weighted by Gasteiger charge is 2.33. The molecule has 0 fully saturated rings. The molecule has 0 unspecified atom stereocenters. The molecular weight excluding hydrogens is 301 g/mol. The lowest BCUT2D eigenvalue weighted by Crippen LogP contribution is -2.09. The van der Waals surface area contributed by atoms with Gasteiger partial charge in [0.25, 0.3) is 0 Å². The minimum atomic E-state index is -4.56. The summed E-state index contributed by atoms with van der Waals surface area (Å²) in [6, 6.07) is 5.44. The van der Waals surface area contributed by atoms with E-state index in [0.717, 1.165) is 23.9 Å². The van der Waals surface area contributed by atoms with E-state index in [9.17, 15) is 13.2 Å². The first-order valence-electron chi connectivity index (χ1n) is 5.78. The third-order valence-electron chi connectivity index (χ3n) is 2.42. The van der Waals surface area contributed by atoms with Gasteiger partial charge in [0.1, 0.15) is 16.8 Å². The Morgan fingerprint density at radius 1 is 1.10 bits per heavy atom. The lowest BCUT2D eigenvalue weighted by molar-refractivity contribution is -0.141. The molecule has 2 aromatic heterocycles. The first kappa shape index (κ1) is 15.3. The van der Waals surface area contributed by atoms with Gasteiger partial charge in [-0.1, -0.05) is 0 Å². The fraction of sp³-hybridized carbons (Fsp3) is 0.231. The maximum Gasteiger partial charge on any atom is 0.433 e. The Balaban J connectivity index is 2.45. The van der Waals surface area contributed by atoms with Crippen LogP contribution in [0.5, 0.6) is 0 Å². The number of hydrogen-bond acceptors (Lipinski definition) is 5. The molecule has 0 aliphatic rings. The molecule has 0 saturated heterocycles. The van der Waals surface area contributed by atoms with Gasteiger partial charge in [-0.25, -0.2) is 15.0 Å². The van der Waals surface area contributed by atoms with E-state index in [0.29, 0.717) is 11.4 Å². The maximum atomic E-state index is 12.7. The van der Waals surface area contributed by atoms with Crippen LogP contribution in [-0.2, 0) is 6.18 Å². The van der Waals surface area contributed by atoms with Crippen LogP contribution in [0.3, 0.4) is 0 Å². The third-order valence-corrected chi connectivity index (χ3v) is 3.29. The number of hydrogen-bond donors (Lipinski definition) is 0. The van der Waals surface area contributed by atoms with Crippen molar-refractivity contribution in [2.75, 3.05) is 0 Å². The number of nitrogens with zero attached hydrogens (tertiary/aromatic N) is 4. The molecule has 0 aliphatic carbocycles. The molecule has 8 heteroatoms. The Morgan fingerprint density at radius 3 is 2.24 bits per heavy atom. The minimum absolute atomic E-state index is 0.0516. The summed E-state index contributed by atoms with van der Waals surface area (Å²) >= 11 is 0.842. The summed E-state index contributed by atoms with van der Waals surface area (Å²) < 4.78 is 38.1. The monoisotopic (exact) mass is 310 g/mol. The Hall–Kier alpha value is -2.14. The second-order valence-electron chi connectivity index (χ2n) is 4.19. The Morgan fingerprint density at radius 2 is 1.71 bits per heavy atom. The topological polar surface area (TPSA) is 62.5 Å². The average Bonchev–Trinajstić information content (AvgIpc) is 2.36. The predicted molar refractivity (Wildman–Crippen MR) is 69.6 cm³/mol. The van der Waals surface area contributed by atoms with Crippen LogP contribution in [0.4, 0.5) is 13.2 Å². The van der Waals surface area contributed by atoms with Crippen LogP contribution in [0.25, 0.3) is 0 Å². The van der Waals surface area contributed by atoms with Crippen LogP contribution in [0.1, 0.15) is 22.6 Å². The second kappa shape index (κ2) is 5.69. The van der Waals surface area contributed by atoms with Crippen molar-refractivity contribution in [3.05, 3.63) is 40.8 Å². The van der Waals surface area contributed by atoms with Gasteiger partial charge in [-0.15, -0.1) is 0 Å². The molecule has 0 saturated carbocycles. The zero-order valence-corrected chi connectivity index (χ0v) is 11.9. The molecule has 0 spiro atoms. The van der Waals surface area contributed by atoms with Crippen molar-refractivity contribution in [1.29, 1.82) is 5.26 Å². The summed E-state index contributed by atoms with van der Waals surface area (Å²) in [5, 5.41) is 9.18. The molecule has 4 nitrogen and oxygen atoms in total. The quantitative estimate of drug-likeness (QED) is 0.794. The molecule has 0 aromatic carbocycles. The first-order valence-corrected chi connectivity index (χ1v) is 6.59. The smallest absolute Gasteiger partial charge is 0.235 e. The highest BCUT2D eigenvalue weighted by atomic mass is 32.2. The van der Waals surface area contributed by atoms with Crippen molar-refractivity contribution >= 4 is 11.8 Å². The molecule has 0 bridgehead atoms. The largest absolute Gasteiger partial charge is 0.433 e. The zero-order chi connectivity index (χ0) is 15.6. The third kappa shape index (κ3) is 3.70. The number of alkyl halides is 3. The van der Waals surface area contributed by atoms with Gasteiger partial charge in [0.15, 0.2) is 5.16 Å². The van der Waals surface area contributed by atoms with Gasteiger partial charge in [-0.3, -0.25) is 0 Å². The summed E-state index contributed by atoms with van der Waals surface area (Å²) in [6.07, 6.45) is -4.56. The standard InChI is InChI=1S/C13H9F3N4S/c1-7-5-8(2)19-12(18-7)21-11-9(6-17)3-4-10(20-11)13(14,15)16/h3-5H,1-2H3. The van der Waals surface area contributed by atoms with Crippen molar-refractivity contribution in [2.24, 2.45) is 0 Å². The Kier molecular flexibility index (Phi) is 4.14. The van der Waals surface area contributed by atoms with Gasteiger partial charge in [0.05, 0.1) is 5.56 Å². The average molecular weight is 310 g/mol. The van der Waals surface area contributed by atoms with Crippen molar-refractivity contribution in [3.8, 4) is 6.07 Å². The van der Waals surface area contributed by atoms with Crippen LogP contribution in [0.2, 0.25) is 0 Å². The first-order chi connectivity index (χ1) is 9.79. The lowest BCUT2D eigenvalue weighted by Gasteiger charge is -2.08. The number of aryl methyl sites for hydroxylation is 2.